The molecule has 2 unspecified atom stereocenters. The van der Waals surface area contributed by atoms with Crippen LogP contribution in [-0.2, 0) is 9.59 Å². The van der Waals surface area contributed by atoms with Gasteiger partial charge in [-0.25, -0.2) is 0 Å². The number of carbonyl (C=O) groups is 2. The zero-order chi connectivity index (χ0) is 11.5. The van der Waals surface area contributed by atoms with Gasteiger partial charge in [0, 0.05) is 6.04 Å². The molecule has 1 fully saturated rings. The van der Waals surface area contributed by atoms with E-state index in [9.17, 15) is 9.59 Å². The normalized spacial score (nSPS) is 21.9. The number of benzene rings is 1. The predicted molar refractivity (Wildman–Crippen MR) is 59.5 cm³/mol. The van der Waals surface area contributed by atoms with Gasteiger partial charge in [0.05, 0.1) is 12.5 Å². The number of hydrogen-bond donors (Lipinski definition) is 2. The predicted octanol–water partition coefficient (Wildman–Crippen LogP) is 0.752. The molecule has 1 heterocycles. The lowest BCUT2D eigenvalue weighted by Crippen LogP contribution is -2.37. The SMILES string of the molecule is CC(NC1CC(=O)NC1=O)c1ccccc1. The van der Waals surface area contributed by atoms with Gasteiger partial charge >= 0.3 is 0 Å². The van der Waals surface area contributed by atoms with Crippen LogP contribution in [0.1, 0.15) is 24.9 Å². The lowest BCUT2D eigenvalue weighted by Gasteiger charge is -2.17. The number of hydrogen-bond acceptors (Lipinski definition) is 3. The van der Waals surface area contributed by atoms with Crippen LogP contribution in [0.4, 0.5) is 0 Å². The summed E-state index contributed by atoms with van der Waals surface area (Å²) in [5.41, 5.74) is 1.11. The molecule has 2 rings (SSSR count). The van der Waals surface area contributed by atoms with Gasteiger partial charge in [-0.1, -0.05) is 30.3 Å². The Morgan fingerprint density at radius 3 is 2.56 bits per heavy atom. The van der Waals surface area contributed by atoms with Crippen molar-refractivity contribution in [1.82, 2.24) is 10.6 Å². The average molecular weight is 218 g/mol. The van der Waals surface area contributed by atoms with Crippen molar-refractivity contribution in [1.29, 1.82) is 0 Å². The minimum atomic E-state index is -0.400. The molecule has 4 heteroatoms. The van der Waals surface area contributed by atoms with Crippen LogP contribution < -0.4 is 10.6 Å². The topological polar surface area (TPSA) is 58.2 Å². The molecule has 0 bridgehead atoms. The second-order valence-corrected chi connectivity index (χ2v) is 3.97. The van der Waals surface area contributed by atoms with E-state index in [0.29, 0.717) is 0 Å². The van der Waals surface area contributed by atoms with Gasteiger partial charge in [0.25, 0.3) is 0 Å². The van der Waals surface area contributed by atoms with E-state index in [0.717, 1.165) is 5.56 Å². The molecule has 2 amide bonds. The summed E-state index contributed by atoms with van der Waals surface area (Å²) in [7, 11) is 0. The molecule has 1 saturated heterocycles. The first-order valence-electron chi connectivity index (χ1n) is 5.31. The first-order chi connectivity index (χ1) is 7.66. The van der Waals surface area contributed by atoms with E-state index in [1.165, 1.54) is 0 Å². The van der Waals surface area contributed by atoms with E-state index in [4.69, 9.17) is 0 Å². The molecule has 16 heavy (non-hydrogen) atoms. The molecule has 2 N–H and O–H groups in total. The zero-order valence-electron chi connectivity index (χ0n) is 9.07. The van der Waals surface area contributed by atoms with Crippen molar-refractivity contribution in [2.75, 3.05) is 0 Å². The maximum absolute atomic E-state index is 11.4. The van der Waals surface area contributed by atoms with Gasteiger partial charge in [0.15, 0.2) is 0 Å². The summed E-state index contributed by atoms with van der Waals surface area (Å²) >= 11 is 0. The van der Waals surface area contributed by atoms with Crippen LogP contribution in [0.5, 0.6) is 0 Å². The largest absolute Gasteiger partial charge is 0.299 e. The standard InChI is InChI=1S/C12H14N2O2/c1-8(9-5-3-2-4-6-9)13-10-7-11(15)14-12(10)16/h2-6,8,10,13H,7H2,1H3,(H,14,15,16). The Hall–Kier alpha value is -1.68. The third-order valence-electron chi connectivity index (χ3n) is 2.72. The Labute approximate surface area is 94.0 Å². The Bertz CT molecular complexity index is 403. The van der Waals surface area contributed by atoms with Crippen molar-refractivity contribution in [2.45, 2.75) is 25.4 Å². The fraction of sp³-hybridized carbons (Fsp3) is 0.333. The Morgan fingerprint density at radius 1 is 1.31 bits per heavy atom. The first kappa shape index (κ1) is 10.8. The highest BCUT2D eigenvalue weighted by Gasteiger charge is 2.31. The van der Waals surface area contributed by atoms with Gasteiger partial charge < -0.3 is 0 Å². The molecule has 0 spiro atoms. The average Bonchev–Trinajstić information content (AvgIpc) is 2.59. The van der Waals surface area contributed by atoms with E-state index in [1.54, 1.807) is 0 Å². The number of rotatable bonds is 3. The molecule has 0 aromatic heterocycles. The molecule has 0 radical (unpaired) electrons. The van der Waals surface area contributed by atoms with Crippen LogP contribution in [-0.4, -0.2) is 17.9 Å². The molecular formula is C12H14N2O2. The molecule has 0 aliphatic carbocycles. The zero-order valence-corrected chi connectivity index (χ0v) is 9.07. The van der Waals surface area contributed by atoms with E-state index >= 15 is 0 Å². The summed E-state index contributed by atoms with van der Waals surface area (Å²) in [6, 6.07) is 9.49. The minimum Gasteiger partial charge on any atom is -0.299 e. The van der Waals surface area contributed by atoms with Crippen LogP contribution >= 0.6 is 0 Å². The Balaban J connectivity index is 2.00. The smallest absolute Gasteiger partial charge is 0.244 e. The fourth-order valence-corrected chi connectivity index (χ4v) is 1.83. The summed E-state index contributed by atoms with van der Waals surface area (Å²) in [6.45, 7) is 1.98. The summed E-state index contributed by atoms with van der Waals surface area (Å²) in [5.74, 6) is -0.435. The summed E-state index contributed by atoms with van der Waals surface area (Å²) in [4.78, 5) is 22.4. The van der Waals surface area contributed by atoms with E-state index in [2.05, 4.69) is 10.6 Å². The quantitative estimate of drug-likeness (QED) is 0.736. The molecule has 1 aromatic carbocycles. The summed E-state index contributed by atoms with van der Waals surface area (Å²) in [6.07, 6.45) is 0.232. The third-order valence-corrected chi connectivity index (χ3v) is 2.72. The highest BCUT2D eigenvalue weighted by molar-refractivity contribution is 6.05. The lowest BCUT2D eigenvalue weighted by atomic mass is 10.1. The van der Waals surface area contributed by atoms with E-state index in [1.807, 2.05) is 37.3 Å². The fourth-order valence-electron chi connectivity index (χ4n) is 1.83. The van der Waals surface area contributed by atoms with Crippen LogP contribution in [0.25, 0.3) is 0 Å². The van der Waals surface area contributed by atoms with Crippen LogP contribution in [0.3, 0.4) is 0 Å². The molecule has 1 aliphatic heterocycles. The molecule has 2 atom stereocenters. The maximum atomic E-state index is 11.4. The highest BCUT2D eigenvalue weighted by atomic mass is 16.2. The van der Waals surface area contributed by atoms with E-state index in [-0.39, 0.29) is 24.3 Å². The Kier molecular flexibility index (Phi) is 3.01. The van der Waals surface area contributed by atoms with Crippen molar-refractivity contribution in [3.8, 4) is 0 Å². The van der Waals surface area contributed by atoms with Crippen molar-refractivity contribution in [3.63, 3.8) is 0 Å². The lowest BCUT2D eigenvalue weighted by molar-refractivity contribution is -0.125. The first-order valence-corrected chi connectivity index (χ1v) is 5.31. The molecule has 1 aliphatic rings. The van der Waals surface area contributed by atoms with Crippen LogP contribution in [0, 0.1) is 0 Å². The van der Waals surface area contributed by atoms with Crippen molar-refractivity contribution < 1.29 is 9.59 Å². The number of imide groups is 1. The van der Waals surface area contributed by atoms with Gasteiger partial charge in [-0.2, -0.15) is 0 Å². The second kappa shape index (κ2) is 4.45. The van der Waals surface area contributed by atoms with Gasteiger partial charge in [-0.3, -0.25) is 20.2 Å². The number of nitrogens with one attached hydrogen (secondary N) is 2. The van der Waals surface area contributed by atoms with Crippen molar-refractivity contribution in [3.05, 3.63) is 35.9 Å². The van der Waals surface area contributed by atoms with Gasteiger partial charge in [-0.15, -0.1) is 0 Å². The van der Waals surface area contributed by atoms with Crippen molar-refractivity contribution >= 4 is 11.8 Å². The Morgan fingerprint density at radius 2 is 2.00 bits per heavy atom. The van der Waals surface area contributed by atoms with Gasteiger partial charge in [0.2, 0.25) is 11.8 Å². The molecular weight excluding hydrogens is 204 g/mol. The monoisotopic (exact) mass is 218 g/mol. The van der Waals surface area contributed by atoms with Crippen molar-refractivity contribution in [2.24, 2.45) is 0 Å². The number of amides is 2. The molecule has 84 valence electrons. The minimum absolute atomic E-state index is 0.0582. The second-order valence-electron chi connectivity index (χ2n) is 3.97. The van der Waals surface area contributed by atoms with Crippen LogP contribution in [0.2, 0.25) is 0 Å². The molecule has 0 saturated carbocycles. The third kappa shape index (κ3) is 2.28. The van der Waals surface area contributed by atoms with Gasteiger partial charge in [0.1, 0.15) is 0 Å². The summed E-state index contributed by atoms with van der Waals surface area (Å²) < 4.78 is 0. The molecule has 1 aromatic rings. The summed E-state index contributed by atoms with van der Waals surface area (Å²) in [5, 5.41) is 5.43. The van der Waals surface area contributed by atoms with Crippen LogP contribution in [0.15, 0.2) is 30.3 Å². The van der Waals surface area contributed by atoms with E-state index < -0.39 is 6.04 Å². The highest BCUT2D eigenvalue weighted by Crippen LogP contribution is 2.14. The van der Waals surface area contributed by atoms with Gasteiger partial charge in [-0.05, 0) is 12.5 Å². The molecule has 4 nitrogen and oxygen atoms in total. The number of carbonyl (C=O) groups excluding carboxylic acids is 2. The maximum Gasteiger partial charge on any atom is 0.244 e.